The van der Waals surface area contributed by atoms with E-state index in [1.165, 1.54) is 32.4 Å². The van der Waals surface area contributed by atoms with Gasteiger partial charge in [-0.25, -0.2) is 36.9 Å². The van der Waals surface area contributed by atoms with Gasteiger partial charge in [0.05, 0.1) is 37.6 Å². The predicted octanol–water partition coefficient (Wildman–Crippen LogP) is 7.82. The molecule has 8 nitrogen and oxygen atoms in total. The van der Waals surface area contributed by atoms with Gasteiger partial charge in [0.25, 0.3) is 5.88 Å². The molecule has 48 heavy (non-hydrogen) atoms. The van der Waals surface area contributed by atoms with Crippen molar-refractivity contribution in [3.8, 4) is 22.9 Å². The molecule has 1 atom stereocenters. The summed E-state index contributed by atoms with van der Waals surface area (Å²) in [4.78, 5) is 24.4. The number of hydrogen-bond donors (Lipinski definition) is 0. The fourth-order valence-electron chi connectivity index (χ4n) is 5.76. The van der Waals surface area contributed by atoms with E-state index in [9.17, 15) is 9.18 Å². The minimum atomic E-state index is -1.53. The summed E-state index contributed by atoms with van der Waals surface area (Å²) < 4.78 is 95.1. The highest BCUT2D eigenvalue weighted by molar-refractivity contribution is 6.29. The first kappa shape index (κ1) is 33.3. The molecule has 1 aliphatic rings. The summed E-state index contributed by atoms with van der Waals surface area (Å²) in [6.45, 7) is 5.40. The third-order valence-corrected chi connectivity index (χ3v) is 8.57. The zero-order chi connectivity index (χ0) is 34.5. The average Bonchev–Trinajstić information content (AvgIpc) is 3.58. The van der Waals surface area contributed by atoms with E-state index in [2.05, 4.69) is 15.0 Å². The molecule has 4 heterocycles. The summed E-state index contributed by atoms with van der Waals surface area (Å²) in [6, 6.07) is 6.24. The van der Waals surface area contributed by atoms with Crippen LogP contribution in [0.2, 0.25) is 5.15 Å². The van der Waals surface area contributed by atoms with E-state index < -0.39 is 64.0 Å². The van der Waals surface area contributed by atoms with Gasteiger partial charge < -0.3 is 18.8 Å². The van der Waals surface area contributed by atoms with E-state index in [0.29, 0.717) is 17.9 Å². The van der Waals surface area contributed by atoms with E-state index in [0.717, 1.165) is 24.3 Å². The Bertz CT molecular complexity index is 2090. The molecule has 0 N–H and O–H groups in total. The Morgan fingerprint density at radius 3 is 2.50 bits per heavy atom. The number of Topliss-reactive ketones (excluding diaryl/α,β-unsaturated/α-hetero) is 1. The summed E-state index contributed by atoms with van der Waals surface area (Å²) in [6.07, 6.45) is 0.796. The lowest BCUT2D eigenvalue weighted by molar-refractivity contribution is 0.101. The van der Waals surface area contributed by atoms with Crippen LogP contribution in [0.3, 0.4) is 0 Å². The van der Waals surface area contributed by atoms with Crippen LogP contribution in [0.25, 0.3) is 22.3 Å². The van der Waals surface area contributed by atoms with Gasteiger partial charge in [0, 0.05) is 46.4 Å². The zero-order valence-electron chi connectivity index (χ0n) is 26.1. The number of carbonyl (C=O) groups is 1. The minimum absolute atomic E-state index is 0.0424. The van der Waals surface area contributed by atoms with Crippen molar-refractivity contribution in [2.45, 2.75) is 39.8 Å². The van der Waals surface area contributed by atoms with E-state index in [1.54, 1.807) is 4.57 Å². The first-order chi connectivity index (χ1) is 22.8. The van der Waals surface area contributed by atoms with Gasteiger partial charge in [0.1, 0.15) is 34.7 Å². The molecule has 0 aliphatic carbocycles. The molecule has 0 bridgehead atoms. The molecule has 6 rings (SSSR count). The number of aromatic nitrogens is 4. The van der Waals surface area contributed by atoms with Crippen molar-refractivity contribution in [3.63, 3.8) is 0 Å². The summed E-state index contributed by atoms with van der Waals surface area (Å²) in [7, 11) is 1.40. The Hall–Kier alpha value is -4.62. The molecule has 0 unspecified atom stereocenters. The molecule has 0 saturated carbocycles. The van der Waals surface area contributed by atoms with Crippen molar-refractivity contribution >= 4 is 28.4 Å². The van der Waals surface area contributed by atoms with Gasteiger partial charge >= 0.3 is 0 Å². The number of halogens is 6. The Morgan fingerprint density at radius 2 is 1.81 bits per heavy atom. The first-order valence-electron chi connectivity index (χ1n) is 14.7. The molecule has 250 valence electrons. The van der Waals surface area contributed by atoms with Crippen LogP contribution in [0, 0.1) is 34.5 Å². The monoisotopic (exact) mass is 686 g/mol. The lowest BCUT2D eigenvalue weighted by atomic mass is 9.87. The molecule has 14 heteroatoms. The highest BCUT2D eigenvalue weighted by atomic mass is 35.5. The third kappa shape index (κ3) is 6.08. The summed E-state index contributed by atoms with van der Waals surface area (Å²) in [5.41, 5.74) is -1.42. The number of hydrogen-bond acceptors (Lipinski definition) is 7. The standard InChI is InChI=1S/C34H28ClF5N4O4/c1-16(45)17-7-23(38)32-25(8-17)44(27-14-47-15-34(27,2)3)29(43-32)10-19-22(37)9-20(31(40)30(19)39)24-6-5-21(36)33(42-24)48-13-18-12-41-28(35)11-26(18)46-4/h5-9,11-12,27H,10,13-15H2,1-4H3/t27-/m1/s1. The molecule has 5 aromatic rings. The zero-order valence-corrected chi connectivity index (χ0v) is 26.9. The van der Waals surface area contributed by atoms with Crippen LogP contribution in [0.4, 0.5) is 22.0 Å². The number of rotatable bonds is 9. The maximum atomic E-state index is 15.8. The smallest absolute Gasteiger partial charge is 0.251 e. The van der Waals surface area contributed by atoms with Crippen molar-refractivity contribution < 1.29 is 41.0 Å². The number of benzene rings is 2. The van der Waals surface area contributed by atoms with Gasteiger partial charge in [0.15, 0.2) is 29.1 Å². The fraction of sp³-hybridized carbons (Fsp3) is 0.294. The molecule has 1 aliphatic heterocycles. The summed E-state index contributed by atoms with van der Waals surface area (Å²) in [5, 5.41) is 0.160. The minimum Gasteiger partial charge on any atom is -0.496 e. The Kier molecular flexibility index (Phi) is 8.86. The van der Waals surface area contributed by atoms with Crippen LogP contribution in [0.15, 0.2) is 42.6 Å². The van der Waals surface area contributed by atoms with Crippen LogP contribution in [0.5, 0.6) is 11.6 Å². The van der Waals surface area contributed by atoms with Crippen molar-refractivity contribution in [2.75, 3.05) is 20.3 Å². The van der Waals surface area contributed by atoms with E-state index in [4.69, 9.17) is 25.8 Å². The molecular formula is C34H28ClF5N4O4. The highest BCUT2D eigenvalue weighted by Crippen LogP contribution is 2.41. The van der Waals surface area contributed by atoms with Crippen molar-refractivity contribution in [2.24, 2.45) is 5.41 Å². The van der Waals surface area contributed by atoms with Crippen LogP contribution in [-0.4, -0.2) is 45.6 Å². The van der Waals surface area contributed by atoms with Crippen molar-refractivity contribution in [1.82, 2.24) is 19.5 Å². The molecular weight excluding hydrogens is 659 g/mol. The van der Waals surface area contributed by atoms with Gasteiger partial charge in [0.2, 0.25) is 0 Å². The molecule has 1 fully saturated rings. The second kappa shape index (κ2) is 12.8. The highest BCUT2D eigenvalue weighted by Gasteiger charge is 2.39. The SMILES string of the molecule is COc1cc(Cl)ncc1COc1nc(-c2cc(F)c(Cc3nc4c(F)cc(C(C)=O)cc4n3[C@@H]3COCC3(C)C)c(F)c2F)ccc1F. The Balaban J connectivity index is 1.38. The fourth-order valence-corrected chi connectivity index (χ4v) is 5.90. The second-order valence-corrected chi connectivity index (χ2v) is 12.5. The number of fused-ring (bicyclic) bond motifs is 1. The normalized spacial score (nSPS) is 15.7. The Morgan fingerprint density at radius 1 is 1.04 bits per heavy atom. The van der Waals surface area contributed by atoms with Crippen LogP contribution >= 0.6 is 11.6 Å². The largest absolute Gasteiger partial charge is 0.496 e. The maximum absolute atomic E-state index is 15.8. The van der Waals surface area contributed by atoms with E-state index in [1.807, 2.05) is 13.8 Å². The maximum Gasteiger partial charge on any atom is 0.251 e. The number of methoxy groups -OCH3 is 1. The molecule has 1 saturated heterocycles. The van der Waals surface area contributed by atoms with E-state index in [-0.39, 0.29) is 52.3 Å². The quantitative estimate of drug-likeness (QED) is 0.0676. The van der Waals surface area contributed by atoms with Crippen LogP contribution < -0.4 is 9.47 Å². The summed E-state index contributed by atoms with van der Waals surface area (Å²) >= 11 is 5.88. The molecule has 0 radical (unpaired) electrons. The van der Waals surface area contributed by atoms with Gasteiger partial charge in [-0.3, -0.25) is 4.79 Å². The molecule has 0 spiro atoms. The number of ether oxygens (including phenoxy) is 3. The van der Waals surface area contributed by atoms with Gasteiger partial charge in [-0.2, -0.15) is 0 Å². The van der Waals surface area contributed by atoms with E-state index >= 15 is 17.6 Å². The lowest BCUT2D eigenvalue weighted by Crippen LogP contribution is -2.27. The van der Waals surface area contributed by atoms with Gasteiger partial charge in [-0.15, -0.1) is 0 Å². The van der Waals surface area contributed by atoms with Crippen LogP contribution in [-0.2, 0) is 17.8 Å². The number of ketones is 1. The van der Waals surface area contributed by atoms with Gasteiger partial charge in [-0.1, -0.05) is 25.4 Å². The number of imidazole rings is 1. The first-order valence-corrected chi connectivity index (χ1v) is 15.1. The van der Waals surface area contributed by atoms with Crippen molar-refractivity contribution in [1.29, 1.82) is 0 Å². The van der Waals surface area contributed by atoms with Crippen molar-refractivity contribution in [3.05, 3.63) is 99.3 Å². The predicted molar refractivity (Wildman–Crippen MR) is 166 cm³/mol. The number of pyridine rings is 2. The molecule has 3 aromatic heterocycles. The van der Waals surface area contributed by atoms with Crippen LogP contribution in [0.1, 0.15) is 54.1 Å². The van der Waals surface area contributed by atoms with Gasteiger partial charge in [-0.05, 0) is 37.3 Å². The topological polar surface area (TPSA) is 88.4 Å². The number of nitrogens with zero attached hydrogens (tertiary/aromatic N) is 4. The lowest BCUT2D eigenvalue weighted by Gasteiger charge is -2.28. The molecule has 2 aromatic carbocycles. The number of carbonyl (C=O) groups excluding carboxylic acids is 1. The molecule has 0 amide bonds. The third-order valence-electron chi connectivity index (χ3n) is 8.36. The summed E-state index contributed by atoms with van der Waals surface area (Å²) in [5.74, 6) is -6.39. The average molecular weight is 687 g/mol. The second-order valence-electron chi connectivity index (χ2n) is 12.1. The Labute approximate surface area is 276 Å².